The van der Waals surface area contributed by atoms with Crippen molar-refractivity contribution < 1.29 is 12.9 Å². The van der Waals surface area contributed by atoms with Crippen molar-refractivity contribution in [2.24, 2.45) is 0 Å². The summed E-state index contributed by atoms with van der Waals surface area (Å²) in [6.07, 6.45) is 5.74. The summed E-state index contributed by atoms with van der Waals surface area (Å²) >= 11 is 0. The third-order valence-corrected chi connectivity index (χ3v) is 8.13. The number of piperidine rings is 1. The summed E-state index contributed by atoms with van der Waals surface area (Å²) in [6.45, 7) is 0.943. The Labute approximate surface area is 177 Å². The van der Waals surface area contributed by atoms with Crippen molar-refractivity contribution in [3.8, 4) is 11.5 Å². The van der Waals surface area contributed by atoms with E-state index < -0.39 is 10.0 Å². The van der Waals surface area contributed by atoms with Crippen molar-refractivity contribution in [3.05, 3.63) is 65.5 Å². The van der Waals surface area contributed by atoms with Crippen molar-refractivity contribution in [3.63, 3.8) is 0 Å². The molecule has 2 aliphatic rings. The Morgan fingerprint density at radius 3 is 2.43 bits per heavy atom. The Kier molecular flexibility index (Phi) is 5.16. The van der Waals surface area contributed by atoms with E-state index in [0.29, 0.717) is 42.5 Å². The van der Waals surface area contributed by atoms with Crippen LogP contribution in [0.1, 0.15) is 48.6 Å². The van der Waals surface area contributed by atoms with Gasteiger partial charge in [-0.25, -0.2) is 8.42 Å². The maximum Gasteiger partial charge on any atom is 0.257 e. The molecular formula is C23H25N3O3S. The summed E-state index contributed by atoms with van der Waals surface area (Å²) in [5, 5.41) is 4.16. The molecule has 5 rings (SSSR count). The van der Waals surface area contributed by atoms with Gasteiger partial charge in [-0.3, -0.25) is 0 Å². The van der Waals surface area contributed by atoms with E-state index >= 15 is 0 Å². The smallest absolute Gasteiger partial charge is 0.257 e. The highest BCUT2D eigenvalue weighted by Crippen LogP contribution is 2.32. The molecule has 1 saturated heterocycles. The van der Waals surface area contributed by atoms with Crippen LogP contribution in [0.4, 0.5) is 0 Å². The summed E-state index contributed by atoms with van der Waals surface area (Å²) in [4.78, 5) is 4.98. The van der Waals surface area contributed by atoms with Crippen molar-refractivity contribution in [1.82, 2.24) is 14.4 Å². The molecule has 0 saturated carbocycles. The number of hydrogen-bond acceptors (Lipinski definition) is 5. The molecule has 1 aliphatic heterocycles. The zero-order valence-corrected chi connectivity index (χ0v) is 17.6. The summed E-state index contributed by atoms with van der Waals surface area (Å²) in [7, 11) is -3.47. The van der Waals surface area contributed by atoms with E-state index in [1.54, 1.807) is 10.4 Å². The van der Waals surface area contributed by atoms with Gasteiger partial charge in [0, 0.05) is 24.6 Å². The number of hydrogen-bond donors (Lipinski definition) is 0. The Morgan fingerprint density at radius 2 is 1.67 bits per heavy atom. The van der Waals surface area contributed by atoms with Crippen LogP contribution in [0.25, 0.3) is 11.5 Å². The van der Waals surface area contributed by atoms with Gasteiger partial charge in [0.25, 0.3) is 5.89 Å². The van der Waals surface area contributed by atoms with E-state index in [0.717, 1.165) is 24.8 Å². The highest BCUT2D eigenvalue weighted by Gasteiger charge is 2.32. The molecule has 1 aliphatic carbocycles. The molecule has 0 N–H and O–H groups in total. The minimum Gasteiger partial charge on any atom is -0.334 e. The monoisotopic (exact) mass is 423 g/mol. The second-order valence-electron chi connectivity index (χ2n) is 8.14. The van der Waals surface area contributed by atoms with Gasteiger partial charge in [0.05, 0.1) is 4.90 Å². The predicted molar refractivity (Wildman–Crippen MR) is 114 cm³/mol. The molecular weight excluding hydrogens is 398 g/mol. The first-order valence-corrected chi connectivity index (χ1v) is 12.1. The lowest BCUT2D eigenvalue weighted by atomic mass is 9.92. The van der Waals surface area contributed by atoms with E-state index in [9.17, 15) is 8.42 Å². The highest BCUT2D eigenvalue weighted by atomic mass is 32.2. The lowest BCUT2D eigenvalue weighted by Gasteiger charge is -2.30. The normalized spacial score (nSPS) is 18.3. The van der Waals surface area contributed by atoms with E-state index in [1.165, 1.54) is 17.5 Å². The average molecular weight is 424 g/mol. The maximum atomic E-state index is 13.2. The van der Waals surface area contributed by atoms with E-state index in [1.807, 2.05) is 42.5 Å². The van der Waals surface area contributed by atoms with Gasteiger partial charge in [0.1, 0.15) is 0 Å². The predicted octanol–water partition coefficient (Wildman–Crippen LogP) is 4.18. The summed E-state index contributed by atoms with van der Waals surface area (Å²) in [6, 6.07) is 15.3. The Bertz CT molecular complexity index is 1130. The van der Waals surface area contributed by atoms with Crippen molar-refractivity contribution in [2.45, 2.75) is 49.3 Å². The Hall–Kier alpha value is -2.51. The fourth-order valence-corrected chi connectivity index (χ4v) is 5.99. The average Bonchev–Trinajstić information content (AvgIpc) is 3.30. The second kappa shape index (κ2) is 7.96. The SMILES string of the molecule is O=S(=O)(c1ccc2c(c1)CCCC2)N1CCC(c2noc(-c3ccccc3)n2)CC1. The molecule has 0 amide bonds. The molecule has 1 fully saturated rings. The van der Waals surface area contributed by atoms with Gasteiger partial charge in [-0.05, 0) is 73.9 Å². The number of nitrogens with zero attached hydrogens (tertiary/aromatic N) is 3. The zero-order valence-electron chi connectivity index (χ0n) is 16.8. The number of sulfonamides is 1. The third kappa shape index (κ3) is 3.68. The molecule has 156 valence electrons. The summed E-state index contributed by atoms with van der Waals surface area (Å²) < 4.78 is 33.4. The molecule has 0 spiro atoms. The van der Waals surface area contributed by atoms with Crippen LogP contribution in [-0.4, -0.2) is 36.0 Å². The fourth-order valence-electron chi connectivity index (χ4n) is 4.47. The first kappa shape index (κ1) is 19.5. The van der Waals surface area contributed by atoms with E-state index in [2.05, 4.69) is 10.1 Å². The van der Waals surface area contributed by atoms with Gasteiger partial charge in [0.15, 0.2) is 5.82 Å². The summed E-state index contributed by atoms with van der Waals surface area (Å²) in [5.41, 5.74) is 3.38. The van der Waals surface area contributed by atoms with Crippen LogP contribution in [0.2, 0.25) is 0 Å². The number of fused-ring (bicyclic) bond motifs is 1. The molecule has 7 heteroatoms. The Balaban J connectivity index is 1.28. The zero-order chi connectivity index (χ0) is 20.6. The second-order valence-corrected chi connectivity index (χ2v) is 10.1. The van der Waals surface area contributed by atoms with Crippen LogP contribution in [0.3, 0.4) is 0 Å². The van der Waals surface area contributed by atoms with Crippen molar-refractivity contribution >= 4 is 10.0 Å². The molecule has 3 aromatic rings. The summed E-state index contributed by atoms with van der Waals surface area (Å²) in [5.74, 6) is 1.29. The molecule has 0 unspecified atom stereocenters. The lowest BCUT2D eigenvalue weighted by Crippen LogP contribution is -2.38. The lowest BCUT2D eigenvalue weighted by molar-refractivity contribution is 0.307. The number of benzene rings is 2. The molecule has 30 heavy (non-hydrogen) atoms. The van der Waals surface area contributed by atoms with Gasteiger partial charge < -0.3 is 4.52 Å². The maximum absolute atomic E-state index is 13.2. The molecule has 2 heterocycles. The van der Waals surface area contributed by atoms with Crippen molar-refractivity contribution in [2.75, 3.05) is 13.1 Å². The van der Waals surface area contributed by atoms with Gasteiger partial charge in [-0.15, -0.1) is 0 Å². The Morgan fingerprint density at radius 1 is 0.933 bits per heavy atom. The largest absolute Gasteiger partial charge is 0.334 e. The van der Waals surface area contributed by atoms with Gasteiger partial charge in [-0.2, -0.15) is 9.29 Å². The third-order valence-electron chi connectivity index (χ3n) is 6.24. The van der Waals surface area contributed by atoms with Gasteiger partial charge in [-0.1, -0.05) is 29.4 Å². The highest BCUT2D eigenvalue weighted by molar-refractivity contribution is 7.89. The molecule has 0 atom stereocenters. The topological polar surface area (TPSA) is 76.3 Å². The minimum atomic E-state index is -3.47. The molecule has 0 bridgehead atoms. The van der Waals surface area contributed by atoms with Crippen LogP contribution >= 0.6 is 0 Å². The first-order valence-electron chi connectivity index (χ1n) is 10.6. The van der Waals surface area contributed by atoms with Crippen LogP contribution in [0.5, 0.6) is 0 Å². The minimum absolute atomic E-state index is 0.112. The van der Waals surface area contributed by atoms with Crippen LogP contribution in [0, 0.1) is 0 Å². The van der Waals surface area contributed by atoms with E-state index in [-0.39, 0.29) is 5.92 Å². The number of aryl methyl sites for hydroxylation is 2. The van der Waals surface area contributed by atoms with Crippen LogP contribution in [0.15, 0.2) is 57.9 Å². The quantitative estimate of drug-likeness (QED) is 0.629. The molecule has 2 aromatic carbocycles. The first-order chi connectivity index (χ1) is 14.6. The van der Waals surface area contributed by atoms with Gasteiger partial charge in [0.2, 0.25) is 10.0 Å². The van der Waals surface area contributed by atoms with Gasteiger partial charge >= 0.3 is 0 Å². The fraction of sp³-hybridized carbons (Fsp3) is 0.391. The van der Waals surface area contributed by atoms with Crippen molar-refractivity contribution in [1.29, 1.82) is 0 Å². The molecule has 0 radical (unpaired) electrons. The van der Waals surface area contributed by atoms with Crippen LogP contribution in [-0.2, 0) is 22.9 Å². The standard InChI is InChI=1S/C23H25N3O3S/c27-30(28,21-11-10-17-6-4-5-9-20(17)16-21)26-14-12-18(13-15-26)22-24-23(29-25-22)19-7-2-1-3-8-19/h1-3,7-8,10-11,16,18H,4-6,9,12-15H2. The molecule has 6 nitrogen and oxygen atoms in total. The van der Waals surface area contributed by atoms with E-state index in [4.69, 9.17) is 4.52 Å². The number of rotatable bonds is 4. The number of aromatic nitrogens is 2. The molecule has 1 aromatic heterocycles. The van der Waals surface area contributed by atoms with Crippen LogP contribution < -0.4 is 0 Å².